The Labute approximate surface area is 193 Å². The first-order valence-corrected chi connectivity index (χ1v) is 10.8. The van der Waals surface area contributed by atoms with Crippen molar-refractivity contribution in [2.24, 2.45) is 0 Å². The van der Waals surface area contributed by atoms with Crippen LogP contribution in [0.25, 0.3) is 16.6 Å². The first kappa shape index (κ1) is 21.5. The highest BCUT2D eigenvalue weighted by Crippen LogP contribution is 2.18. The number of halogens is 1. The smallest absolute Gasteiger partial charge is 0.325 e. The summed E-state index contributed by atoms with van der Waals surface area (Å²) >= 11 is 0. The van der Waals surface area contributed by atoms with Crippen LogP contribution < -0.4 is 11.0 Å². The highest BCUT2D eigenvalue weighted by Gasteiger charge is 2.17. The van der Waals surface area contributed by atoms with Gasteiger partial charge < -0.3 is 5.32 Å². The molecule has 0 radical (unpaired) electrons. The second kappa shape index (κ2) is 8.54. The van der Waals surface area contributed by atoms with Gasteiger partial charge in [0, 0.05) is 29.7 Å². The van der Waals surface area contributed by atoms with E-state index in [2.05, 4.69) is 20.5 Å². The number of aromatic nitrogens is 6. The minimum Gasteiger partial charge on any atom is -0.325 e. The van der Waals surface area contributed by atoms with Crippen LogP contribution in [0.3, 0.4) is 0 Å². The van der Waals surface area contributed by atoms with Crippen molar-refractivity contribution in [1.82, 2.24) is 28.9 Å². The molecule has 2 aromatic carbocycles. The number of para-hydroxylation sites is 1. The minimum absolute atomic E-state index is 0.229. The fraction of sp³-hybridized carbons (Fsp3) is 0.208. The molecule has 0 aliphatic rings. The number of rotatable bonds is 6. The zero-order valence-electron chi connectivity index (χ0n) is 18.7. The normalized spacial score (nSPS) is 11.4. The number of benzene rings is 2. The van der Waals surface area contributed by atoms with Gasteiger partial charge in [0.2, 0.25) is 5.91 Å². The molecule has 0 bridgehead atoms. The number of hydrogen-bond acceptors (Lipinski definition) is 5. The van der Waals surface area contributed by atoms with E-state index in [0.717, 1.165) is 11.4 Å². The third-order valence-corrected chi connectivity index (χ3v) is 5.58. The molecule has 1 N–H and O–H groups in total. The number of aryl methyl sites for hydroxylation is 4. The third kappa shape index (κ3) is 4.05. The number of anilines is 1. The van der Waals surface area contributed by atoms with Gasteiger partial charge in [-0.1, -0.05) is 12.1 Å². The van der Waals surface area contributed by atoms with E-state index in [0.29, 0.717) is 41.0 Å². The lowest BCUT2D eigenvalue weighted by Crippen LogP contribution is -2.32. The van der Waals surface area contributed by atoms with Crippen LogP contribution in [-0.2, 0) is 24.3 Å². The molecular formula is C24H22FN7O2. The van der Waals surface area contributed by atoms with Crippen LogP contribution in [0.5, 0.6) is 0 Å². The molecule has 9 nitrogen and oxygen atoms in total. The van der Waals surface area contributed by atoms with Crippen molar-refractivity contribution >= 4 is 28.1 Å². The molecular weight excluding hydrogens is 437 g/mol. The molecule has 0 saturated heterocycles. The number of fused-ring (bicyclic) bond motifs is 3. The highest BCUT2D eigenvalue weighted by molar-refractivity contribution is 5.94. The molecule has 0 aliphatic heterocycles. The lowest BCUT2D eigenvalue weighted by molar-refractivity contribution is -0.116. The zero-order chi connectivity index (χ0) is 23.8. The van der Waals surface area contributed by atoms with Crippen LogP contribution >= 0.6 is 0 Å². The summed E-state index contributed by atoms with van der Waals surface area (Å²) in [7, 11) is 0. The standard InChI is InChI=1S/C24H22FN7O2/c1-15-13-16(2)31(28-15)12-11-21-27-23-19-5-3-4-6-20(19)30(24(34)32(23)29-21)14-22(33)26-18-9-7-17(25)8-10-18/h3-10,13H,11-12,14H2,1-2H3,(H,26,33). The van der Waals surface area contributed by atoms with Gasteiger partial charge in [-0.15, -0.1) is 5.10 Å². The molecule has 5 rings (SSSR count). The van der Waals surface area contributed by atoms with Crippen LogP contribution in [0.1, 0.15) is 17.2 Å². The number of nitrogens with one attached hydrogen (secondary N) is 1. The molecule has 1 amide bonds. The maximum absolute atomic E-state index is 13.3. The molecule has 0 spiro atoms. The van der Waals surface area contributed by atoms with E-state index in [-0.39, 0.29) is 6.54 Å². The Morgan fingerprint density at radius 1 is 1.06 bits per heavy atom. The molecule has 0 fully saturated rings. The summed E-state index contributed by atoms with van der Waals surface area (Å²) < 4.78 is 17.6. The fourth-order valence-corrected chi connectivity index (χ4v) is 4.02. The Kier molecular flexibility index (Phi) is 5.40. The second-order valence-corrected chi connectivity index (χ2v) is 8.10. The number of carbonyl (C=O) groups excluding carboxylic acids is 1. The largest absolute Gasteiger partial charge is 0.351 e. The van der Waals surface area contributed by atoms with Crippen LogP contribution in [0.2, 0.25) is 0 Å². The first-order valence-electron chi connectivity index (χ1n) is 10.8. The van der Waals surface area contributed by atoms with Gasteiger partial charge in [0.25, 0.3) is 0 Å². The van der Waals surface area contributed by atoms with E-state index in [1.807, 2.05) is 36.7 Å². The SMILES string of the molecule is Cc1cc(C)n(CCc2nc3c4ccccc4n(CC(=O)Nc4ccc(F)cc4)c(=O)n3n2)n1. The summed E-state index contributed by atoms with van der Waals surface area (Å²) in [4.78, 5) is 30.6. The van der Waals surface area contributed by atoms with E-state index >= 15 is 0 Å². The zero-order valence-corrected chi connectivity index (χ0v) is 18.7. The second-order valence-electron chi connectivity index (χ2n) is 8.10. The molecule has 3 aromatic heterocycles. The average Bonchev–Trinajstić information content (AvgIpc) is 3.39. The predicted molar refractivity (Wildman–Crippen MR) is 125 cm³/mol. The van der Waals surface area contributed by atoms with Gasteiger partial charge in [-0.2, -0.15) is 9.61 Å². The topological polar surface area (TPSA) is 99.1 Å². The number of nitrogens with zero attached hydrogens (tertiary/aromatic N) is 6. The van der Waals surface area contributed by atoms with Gasteiger partial charge in [0.15, 0.2) is 11.5 Å². The maximum atomic E-state index is 13.3. The molecule has 0 aliphatic carbocycles. The Hall–Kier alpha value is -4.34. The number of hydrogen-bond donors (Lipinski definition) is 1. The number of carbonyl (C=O) groups is 1. The van der Waals surface area contributed by atoms with Crippen LogP contribution in [0, 0.1) is 19.7 Å². The van der Waals surface area contributed by atoms with E-state index in [1.165, 1.54) is 33.3 Å². The van der Waals surface area contributed by atoms with Gasteiger partial charge in [0.05, 0.1) is 11.2 Å². The summed E-state index contributed by atoms with van der Waals surface area (Å²) in [5, 5.41) is 12.3. The van der Waals surface area contributed by atoms with Crippen LogP contribution in [0.15, 0.2) is 59.4 Å². The molecule has 5 aromatic rings. The van der Waals surface area contributed by atoms with E-state index < -0.39 is 17.4 Å². The van der Waals surface area contributed by atoms with Crippen molar-refractivity contribution in [3.05, 3.63) is 88.1 Å². The van der Waals surface area contributed by atoms with Gasteiger partial charge in [-0.05, 0) is 56.3 Å². The quantitative estimate of drug-likeness (QED) is 0.421. The van der Waals surface area contributed by atoms with Crippen LogP contribution in [0.4, 0.5) is 10.1 Å². The molecule has 172 valence electrons. The minimum atomic E-state index is -0.465. The molecule has 0 unspecified atom stereocenters. The first-order chi connectivity index (χ1) is 16.4. The van der Waals surface area contributed by atoms with Gasteiger partial charge in [0.1, 0.15) is 12.4 Å². The average molecular weight is 459 g/mol. The van der Waals surface area contributed by atoms with E-state index in [4.69, 9.17) is 0 Å². The van der Waals surface area contributed by atoms with Crippen molar-refractivity contribution in [2.75, 3.05) is 5.32 Å². The Bertz CT molecular complexity index is 1580. The van der Waals surface area contributed by atoms with Crippen LogP contribution in [-0.4, -0.2) is 34.9 Å². The predicted octanol–water partition coefficient (Wildman–Crippen LogP) is 2.88. The summed E-state index contributed by atoms with van der Waals surface area (Å²) in [6, 6.07) is 14.7. The highest BCUT2D eigenvalue weighted by atomic mass is 19.1. The summed E-state index contributed by atoms with van der Waals surface area (Å²) in [5.41, 5.74) is 2.98. The van der Waals surface area contributed by atoms with Gasteiger partial charge in [-0.25, -0.2) is 14.2 Å². The molecule has 34 heavy (non-hydrogen) atoms. The van der Waals surface area contributed by atoms with E-state index in [1.54, 1.807) is 12.1 Å². The molecule has 0 atom stereocenters. The summed E-state index contributed by atoms with van der Waals surface area (Å²) in [6.07, 6.45) is 0.502. The van der Waals surface area contributed by atoms with Crippen molar-refractivity contribution < 1.29 is 9.18 Å². The number of amides is 1. The van der Waals surface area contributed by atoms with Gasteiger partial charge >= 0.3 is 5.69 Å². The van der Waals surface area contributed by atoms with Crippen molar-refractivity contribution in [3.63, 3.8) is 0 Å². The van der Waals surface area contributed by atoms with E-state index in [9.17, 15) is 14.0 Å². The fourth-order valence-electron chi connectivity index (χ4n) is 4.02. The van der Waals surface area contributed by atoms with Gasteiger partial charge in [-0.3, -0.25) is 14.0 Å². The Morgan fingerprint density at radius 3 is 2.56 bits per heavy atom. The maximum Gasteiger partial charge on any atom is 0.351 e. The lowest BCUT2D eigenvalue weighted by atomic mass is 10.2. The molecule has 3 heterocycles. The molecule has 0 saturated carbocycles. The summed E-state index contributed by atoms with van der Waals surface area (Å²) in [6.45, 7) is 4.28. The van der Waals surface area contributed by atoms with Crippen molar-refractivity contribution in [3.8, 4) is 0 Å². The van der Waals surface area contributed by atoms with Crippen molar-refractivity contribution in [2.45, 2.75) is 33.4 Å². The molecule has 10 heteroatoms. The third-order valence-electron chi connectivity index (χ3n) is 5.58. The Balaban J connectivity index is 1.48. The lowest BCUT2D eigenvalue weighted by Gasteiger charge is -2.11. The van der Waals surface area contributed by atoms with Crippen molar-refractivity contribution in [1.29, 1.82) is 0 Å². The summed E-state index contributed by atoms with van der Waals surface area (Å²) in [5.74, 6) is -0.295. The Morgan fingerprint density at radius 2 is 1.82 bits per heavy atom. The monoisotopic (exact) mass is 459 g/mol.